The molecule has 1 aromatic heterocycles. The van der Waals surface area contributed by atoms with Gasteiger partial charge in [0.15, 0.2) is 11.6 Å². The molecule has 0 fully saturated rings. The minimum absolute atomic E-state index is 0. The van der Waals surface area contributed by atoms with Gasteiger partial charge in [-0.1, -0.05) is 14.4 Å². The van der Waals surface area contributed by atoms with Crippen LogP contribution in [0.5, 0.6) is 5.75 Å². The van der Waals surface area contributed by atoms with Crippen LogP contribution in [0.3, 0.4) is 0 Å². The number of aromatic nitrogens is 2. The Morgan fingerprint density at radius 3 is 2.32 bits per heavy atom. The summed E-state index contributed by atoms with van der Waals surface area (Å²) in [6, 6.07) is 3.59. The molecular formula is C15H17F3N2OS. The molecule has 3 nitrogen and oxygen atoms in total. The Kier molecular flexibility index (Phi) is 6.22. The van der Waals surface area contributed by atoms with E-state index in [0.717, 1.165) is 12.1 Å². The van der Waals surface area contributed by atoms with Crippen molar-refractivity contribution in [2.24, 2.45) is 0 Å². The predicted octanol–water partition coefficient (Wildman–Crippen LogP) is 4.92. The third-order valence-corrected chi connectivity index (χ3v) is 3.65. The lowest BCUT2D eigenvalue weighted by Crippen LogP contribution is -2.05. The van der Waals surface area contributed by atoms with Crippen molar-refractivity contribution in [3.8, 4) is 17.1 Å². The highest BCUT2D eigenvalue weighted by Crippen LogP contribution is 2.36. The van der Waals surface area contributed by atoms with E-state index in [9.17, 15) is 13.2 Å². The zero-order chi connectivity index (χ0) is 15.5. The fourth-order valence-electron chi connectivity index (χ4n) is 1.72. The first-order valence-electron chi connectivity index (χ1n) is 6.16. The molecule has 0 radical (unpaired) electrons. The second-order valence-corrected chi connectivity index (χ2v) is 5.39. The van der Waals surface area contributed by atoms with Crippen molar-refractivity contribution in [3.63, 3.8) is 0 Å². The molecule has 0 saturated carbocycles. The second kappa shape index (κ2) is 7.49. The van der Waals surface area contributed by atoms with Crippen LogP contribution < -0.4 is 4.74 Å². The number of hydrogen-bond donors (Lipinski definition) is 0. The van der Waals surface area contributed by atoms with Gasteiger partial charge < -0.3 is 4.74 Å². The Bertz CT molecular complexity index is 615. The van der Waals surface area contributed by atoms with Gasteiger partial charge in [0.25, 0.3) is 0 Å². The number of rotatable bonds is 4. The third kappa shape index (κ3) is 4.13. The van der Waals surface area contributed by atoms with Crippen molar-refractivity contribution in [1.29, 1.82) is 0 Å². The van der Waals surface area contributed by atoms with Crippen LogP contribution in [0.1, 0.15) is 19.9 Å². The Morgan fingerprint density at radius 2 is 1.82 bits per heavy atom. The van der Waals surface area contributed by atoms with Crippen LogP contribution >= 0.6 is 11.8 Å². The fourth-order valence-corrected chi connectivity index (χ4v) is 2.56. The van der Waals surface area contributed by atoms with E-state index in [-0.39, 0.29) is 7.43 Å². The number of nitrogens with zero attached hydrogens (tertiary/aromatic N) is 2. The molecule has 120 valence electrons. The Hall–Kier alpha value is -1.76. The number of thioether (sulfide) groups is 1. The van der Waals surface area contributed by atoms with Crippen LogP contribution in [-0.4, -0.2) is 22.8 Å². The van der Waals surface area contributed by atoms with Gasteiger partial charge in [0, 0.05) is 10.5 Å². The average molecular weight is 330 g/mol. The highest BCUT2D eigenvalue weighted by molar-refractivity contribution is 7.99. The van der Waals surface area contributed by atoms with E-state index in [1.807, 2.05) is 6.92 Å². The molecular weight excluding hydrogens is 313 g/mol. The SMILES string of the molecule is C.CCSc1cc(C(F)(F)F)ccc1-c1ncc(OC)cn1. The number of benzene rings is 1. The number of ether oxygens (including phenoxy) is 1. The summed E-state index contributed by atoms with van der Waals surface area (Å²) in [5.74, 6) is 1.53. The van der Waals surface area contributed by atoms with Gasteiger partial charge in [-0.05, 0) is 24.0 Å². The molecule has 0 unspecified atom stereocenters. The van der Waals surface area contributed by atoms with Crippen molar-refractivity contribution in [3.05, 3.63) is 36.2 Å². The van der Waals surface area contributed by atoms with Gasteiger partial charge in [-0.15, -0.1) is 11.8 Å². The maximum absolute atomic E-state index is 12.8. The first kappa shape index (κ1) is 18.3. The van der Waals surface area contributed by atoms with Crippen LogP contribution in [0.15, 0.2) is 35.5 Å². The van der Waals surface area contributed by atoms with E-state index in [4.69, 9.17) is 4.74 Å². The minimum atomic E-state index is -4.36. The van der Waals surface area contributed by atoms with Gasteiger partial charge in [-0.3, -0.25) is 0 Å². The number of hydrogen-bond acceptors (Lipinski definition) is 4. The minimum Gasteiger partial charge on any atom is -0.494 e. The molecule has 2 aromatic rings. The lowest BCUT2D eigenvalue weighted by Gasteiger charge is -2.12. The van der Waals surface area contributed by atoms with Crippen LogP contribution in [0, 0.1) is 0 Å². The molecule has 22 heavy (non-hydrogen) atoms. The third-order valence-electron chi connectivity index (χ3n) is 2.71. The smallest absolute Gasteiger partial charge is 0.416 e. The number of methoxy groups -OCH3 is 1. The molecule has 2 rings (SSSR count). The topological polar surface area (TPSA) is 35.0 Å². The zero-order valence-electron chi connectivity index (χ0n) is 11.4. The molecule has 7 heteroatoms. The normalized spacial score (nSPS) is 11.0. The van der Waals surface area contributed by atoms with E-state index in [1.54, 1.807) is 0 Å². The molecule has 0 bridgehead atoms. The molecule has 0 aliphatic rings. The van der Waals surface area contributed by atoms with Gasteiger partial charge in [-0.25, -0.2) is 9.97 Å². The average Bonchev–Trinajstić information content (AvgIpc) is 2.47. The Balaban J connectivity index is 0.00000242. The molecule has 0 saturated heterocycles. The Morgan fingerprint density at radius 1 is 1.18 bits per heavy atom. The summed E-state index contributed by atoms with van der Waals surface area (Å²) in [6.45, 7) is 1.88. The summed E-state index contributed by atoms with van der Waals surface area (Å²) >= 11 is 1.33. The van der Waals surface area contributed by atoms with E-state index >= 15 is 0 Å². The first-order valence-corrected chi connectivity index (χ1v) is 7.14. The van der Waals surface area contributed by atoms with Gasteiger partial charge in [0.1, 0.15) is 0 Å². The van der Waals surface area contributed by atoms with E-state index < -0.39 is 11.7 Å². The molecule has 1 aromatic carbocycles. The molecule has 0 aliphatic heterocycles. The van der Waals surface area contributed by atoms with Crippen LogP contribution in [0.2, 0.25) is 0 Å². The van der Waals surface area contributed by atoms with Gasteiger partial charge in [0.2, 0.25) is 0 Å². The highest BCUT2D eigenvalue weighted by Gasteiger charge is 2.31. The summed E-state index contributed by atoms with van der Waals surface area (Å²) < 4.78 is 43.3. The van der Waals surface area contributed by atoms with Crippen molar-refractivity contribution in [2.75, 3.05) is 12.9 Å². The summed E-state index contributed by atoms with van der Waals surface area (Å²) in [5, 5.41) is 0. The zero-order valence-corrected chi connectivity index (χ0v) is 12.3. The van der Waals surface area contributed by atoms with Crippen LogP contribution in [-0.2, 0) is 6.18 Å². The van der Waals surface area contributed by atoms with Crippen LogP contribution in [0.4, 0.5) is 13.2 Å². The molecule has 0 N–H and O–H groups in total. The molecule has 0 aliphatic carbocycles. The standard InChI is InChI=1S/C14H13F3N2OS.CH4/c1-3-21-12-6-9(14(15,16)17)4-5-11(12)13-18-7-10(20-2)8-19-13;/h4-8H,3H2,1-2H3;1H4. The van der Waals surface area contributed by atoms with Crippen molar-refractivity contribution in [2.45, 2.75) is 25.4 Å². The molecule has 0 amide bonds. The lowest BCUT2D eigenvalue weighted by molar-refractivity contribution is -0.137. The Labute approximate surface area is 131 Å². The summed E-state index contributed by atoms with van der Waals surface area (Å²) in [5.41, 5.74) is -0.0896. The van der Waals surface area contributed by atoms with Gasteiger partial charge >= 0.3 is 6.18 Å². The van der Waals surface area contributed by atoms with Crippen molar-refractivity contribution >= 4 is 11.8 Å². The fraction of sp³-hybridized carbons (Fsp3) is 0.333. The first-order chi connectivity index (χ1) is 9.95. The monoisotopic (exact) mass is 330 g/mol. The van der Waals surface area contributed by atoms with Crippen molar-refractivity contribution in [1.82, 2.24) is 9.97 Å². The molecule has 0 spiro atoms. The maximum atomic E-state index is 12.8. The second-order valence-electron chi connectivity index (χ2n) is 4.09. The predicted molar refractivity (Wildman–Crippen MR) is 82.2 cm³/mol. The molecule has 1 heterocycles. The van der Waals surface area contributed by atoms with E-state index in [0.29, 0.717) is 27.8 Å². The summed E-state index contributed by atoms with van der Waals surface area (Å²) in [6.07, 6.45) is -1.39. The van der Waals surface area contributed by atoms with Gasteiger partial charge in [0.05, 0.1) is 25.1 Å². The summed E-state index contributed by atoms with van der Waals surface area (Å²) in [4.78, 5) is 8.76. The van der Waals surface area contributed by atoms with E-state index in [2.05, 4.69) is 9.97 Å². The number of halogens is 3. The lowest BCUT2D eigenvalue weighted by atomic mass is 10.1. The van der Waals surface area contributed by atoms with Gasteiger partial charge in [-0.2, -0.15) is 13.2 Å². The van der Waals surface area contributed by atoms with E-state index in [1.165, 1.54) is 37.3 Å². The summed E-state index contributed by atoms with van der Waals surface area (Å²) in [7, 11) is 1.49. The molecule has 0 atom stereocenters. The largest absolute Gasteiger partial charge is 0.494 e. The highest BCUT2D eigenvalue weighted by atomic mass is 32.2. The number of alkyl halides is 3. The van der Waals surface area contributed by atoms with Crippen molar-refractivity contribution < 1.29 is 17.9 Å². The maximum Gasteiger partial charge on any atom is 0.416 e. The quantitative estimate of drug-likeness (QED) is 0.745. The van der Waals surface area contributed by atoms with Crippen LogP contribution in [0.25, 0.3) is 11.4 Å².